The quantitative estimate of drug-likeness (QED) is 0.364. The molecule has 1 N–H and O–H groups in total. The lowest BCUT2D eigenvalue weighted by Crippen LogP contribution is -2.45. The highest BCUT2D eigenvalue weighted by molar-refractivity contribution is 5.90. The number of nitro groups is 1. The van der Waals surface area contributed by atoms with Crippen LogP contribution in [0.15, 0.2) is 30.3 Å². The maximum absolute atomic E-state index is 12.0. The molecule has 3 atom stereocenters. The highest BCUT2D eigenvalue weighted by atomic mass is 16.6. The number of rotatable bonds is 6. The van der Waals surface area contributed by atoms with E-state index in [4.69, 9.17) is 4.74 Å². The second-order valence-corrected chi connectivity index (χ2v) is 6.70. The molecule has 1 aliphatic rings. The van der Waals surface area contributed by atoms with Crippen molar-refractivity contribution in [2.75, 3.05) is 6.61 Å². The van der Waals surface area contributed by atoms with Gasteiger partial charge in [0, 0.05) is 18.2 Å². The van der Waals surface area contributed by atoms with Crippen LogP contribution in [0, 0.1) is 22.0 Å². The Morgan fingerprint density at radius 3 is 2.77 bits per heavy atom. The summed E-state index contributed by atoms with van der Waals surface area (Å²) in [5.74, 6) is -0.102. The van der Waals surface area contributed by atoms with Gasteiger partial charge >= 0.3 is 5.97 Å². The van der Waals surface area contributed by atoms with Crippen LogP contribution in [0.5, 0.6) is 0 Å². The number of esters is 1. The van der Waals surface area contributed by atoms with Gasteiger partial charge < -0.3 is 10.1 Å². The van der Waals surface area contributed by atoms with Crippen molar-refractivity contribution in [2.45, 2.75) is 39.2 Å². The first-order valence-electron chi connectivity index (χ1n) is 8.76. The summed E-state index contributed by atoms with van der Waals surface area (Å²) in [7, 11) is 0. The average Bonchev–Trinajstić information content (AvgIpc) is 2.62. The Morgan fingerprint density at radius 1 is 1.31 bits per heavy atom. The number of nitro benzene ring substituents is 1. The fourth-order valence-electron chi connectivity index (χ4n) is 3.17. The zero-order valence-electron chi connectivity index (χ0n) is 15.0. The van der Waals surface area contributed by atoms with Crippen molar-refractivity contribution in [3.8, 4) is 0 Å². The molecule has 1 fully saturated rings. The van der Waals surface area contributed by atoms with Gasteiger partial charge in [0.15, 0.2) is 6.61 Å². The molecule has 7 heteroatoms. The molecule has 0 bridgehead atoms. The van der Waals surface area contributed by atoms with Crippen LogP contribution in [-0.2, 0) is 14.3 Å². The molecule has 0 spiro atoms. The molecule has 1 saturated carbocycles. The lowest BCUT2D eigenvalue weighted by atomic mass is 9.78. The van der Waals surface area contributed by atoms with Gasteiger partial charge in [-0.1, -0.05) is 38.8 Å². The van der Waals surface area contributed by atoms with Gasteiger partial charge in [0.05, 0.1) is 10.5 Å². The van der Waals surface area contributed by atoms with Crippen molar-refractivity contribution in [2.24, 2.45) is 11.8 Å². The Hall–Kier alpha value is -2.70. The predicted octanol–water partition coefficient (Wildman–Crippen LogP) is 3.09. The summed E-state index contributed by atoms with van der Waals surface area (Å²) < 4.78 is 4.92. The van der Waals surface area contributed by atoms with E-state index in [0.717, 1.165) is 18.9 Å². The molecule has 0 saturated heterocycles. The number of amides is 1. The van der Waals surface area contributed by atoms with E-state index in [0.29, 0.717) is 17.4 Å². The van der Waals surface area contributed by atoms with Crippen LogP contribution >= 0.6 is 0 Å². The fraction of sp³-hybridized carbons (Fsp3) is 0.474. The van der Waals surface area contributed by atoms with E-state index in [1.54, 1.807) is 12.1 Å². The van der Waals surface area contributed by atoms with Gasteiger partial charge in [-0.3, -0.25) is 14.9 Å². The average molecular weight is 360 g/mol. The van der Waals surface area contributed by atoms with Gasteiger partial charge in [-0.05, 0) is 30.4 Å². The van der Waals surface area contributed by atoms with Crippen molar-refractivity contribution < 1.29 is 19.2 Å². The number of nitrogens with zero attached hydrogens (tertiary/aromatic N) is 1. The fourth-order valence-corrected chi connectivity index (χ4v) is 3.17. The molecule has 0 aliphatic heterocycles. The number of carbonyl (C=O) groups is 2. The zero-order valence-corrected chi connectivity index (χ0v) is 15.0. The Balaban J connectivity index is 1.83. The third kappa shape index (κ3) is 5.40. The molecule has 1 aromatic carbocycles. The van der Waals surface area contributed by atoms with E-state index < -0.39 is 10.9 Å². The Morgan fingerprint density at radius 2 is 2.04 bits per heavy atom. The molecule has 1 amide bonds. The lowest BCUT2D eigenvalue weighted by molar-refractivity contribution is -0.385. The lowest BCUT2D eigenvalue weighted by Gasteiger charge is -2.34. The molecule has 26 heavy (non-hydrogen) atoms. The molecular weight excluding hydrogens is 336 g/mol. The Bertz CT molecular complexity index is 701. The summed E-state index contributed by atoms with van der Waals surface area (Å²) in [4.78, 5) is 34.1. The number of carbonyl (C=O) groups excluding carboxylic acids is 2. The molecule has 1 aliphatic carbocycles. The molecule has 7 nitrogen and oxygen atoms in total. The molecule has 0 radical (unpaired) electrons. The van der Waals surface area contributed by atoms with Crippen molar-refractivity contribution >= 4 is 23.6 Å². The van der Waals surface area contributed by atoms with Gasteiger partial charge in [-0.15, -0.1) is 0 Å². The van der Waals surface area contributed by atoms with Gasteiger partial charge in [0.2, 0.25) is 0 Å². The third-order valence-corrected chi connectivity index (χ3v) is 4.93. The van der Waals surface area contributed by atoms with Gasteiger partial charge in [0.1, 0.15) is 0 Å². The van der Waals surface area contributed by atoms with E-state index in [1.165, 1.54) is 24.6 Å². The highest BCUT2D eigenvalue weighted by Crippen LogP contribution is 2.29. The number of para-hydroxylation sites is 1. The van der Waals surface area contributed by atoms with Gasteiger partial charge in [0.25, 0.3) is 11.6 Å². The number of hydrogen-bond acceptors (Lipinski definition) is 5. The summed E-state index contributed by atoms with van der Waals surface area (Å²) in [6.07, 6.45) is 5.57. The second-order valence-electron chi connectivity index (χ2n) is 6.70. The molecule has 0 aromatic heterocycles. The number of ether oxygens (including phenoxy) is 1. The predicted molar refractivity (Wildman–Crippen MR) is 97.2 cm³/mol. The van der Waals surface area contributed by atoms with Crippen LogP contribution in [0.2, 0.25) is 0 Å². The van der Waals surface area contributed by atoms with Crippen LogP contribution in [0.25, 0.3) is 6.08 Å². The van der Waals surface area contributed by atoms with Gasteiger partial charge in [-0.2, -0.15) is 0 Å². The number of benzene rings is 1. The smallest absolute Gasteiger partial charge is 0.331 e. The third-order valence-electron chi connectivity index (χ3n) is 4.93. The van der Waals surface area contributed by atoms with Gasteiger partial charge in [-0.25, -0.2) is 4.79 Å². The monoisotopic (exact) mass is 360 g/mol. The molecule has 140 valence electrons. The maximum Gasteiger partial charge on any atom is 0.331 e. The molecular formula is C19H24N2O5. The first-order chi connectivity index (χ1) is 12.4. The summed E-state index contributed by atoms with van der Waals surface area (Å²) in [5.41, 5.74) is 0.193. The summed E-state index contributed by atoms with van der Waals surface area (Å²) in [6, 6.07) is 6.17. The number of nitrogens with one attached hydrogen (secondary N) is 1. The van der Waals surface area contributed by atoms with E-state index in [9.17, 15) is 19.7 Å². The first-order valence-corrected chi connectivity index (χ1v) is 8.76. The van der Waals surface area contributed by atoms with Crippen LogP contribution in [0.1, 0.15) is 38.7 Å². The minimum atomic E-state index is -0.719. The second kappa shape index (κ2) is 9.12. The SMILES string of the molecule is C[C@@H]1[C@H](C)CCC[C@H]1NC(=O)COC(=O)/C=C/c1ccccc1[N+](=O)[O-]. The van der Waals surface area contributed by atoms with Crippen LogP contribution in [0.3, 0.4) is 0 Å². The normalized spacial score (nSPS) is 22.8. The minimum Gasteiger partial charge on any atom is -0.452 e. The standard InChI is InChI=1S/C19H24N2O5/c1-13-6-5-8-16(14(13)2)20-18(22)12-26-19(23)11-10-15-7-3-4-9-17(15)21(24)25/h3-4,7,9-11,13-14,16H,5-6,8,12H2,1-2H3,(H,20,22)/b11-10+/t13-,14-,16-/m1/s1. The van der Waals surface area contributed by atoms with E-state index in [2.05, 4.69) is 19.2 Å². The van der Waals surface area contributed by atoms with Crippen molar-refractivity contribution in [3.63, 3.8) is 0 Å². The maximum atomic E-state index is 12.0. The largest absolute Gasteiger partial charge is 0.452 e. The summed E-state index contributed by atoms with van der Waals surface area (Å²) in [5, 5.41) is 13.8. The van der Waals surface area contributed by atoms with Crippen LogP contribution in [0.4, 0.5) is 5.69 Å². The van der Waals surface area contributed by atoms with E-state index in [-0.39, 0.29) is 24.2 Å². The minimum absolute atomic E-state index is 0.102. The number of hydrogen-bond donors (Lipinski definition) is 1. The first kappa shape index (κ1) is 19.6. The van der Waals surface area contributed by atoms with Crippen LogP contribution in [-0.4, -0.2) is 29.4 Å². The molecule has 0 unspecified atom stereocenters. The zero-order chi connectivity index (χ0) is 19.1. The summed E-state index contributed by atoms with van der Waals surface area (Å²) >= 11 is 0. The highest BCUT2D eigenvalue weighted by Gasteiger charge is 2.28. The molecule has 1 aromatic rings. The van der Waals surface area contributed by atoms with Crippen molar-refractivity contribution in [1.29, 1.82) is 0 Å². The van der Waals surface area contributed by atoms with E-state index in [1.807, 2.05) is 0 Å². The topological polar surface area (TPSA) is 98.5 Å². The Kier molecular flexibility index (Phi) is 6.89. The summed E-state index contributed by atoms with van der Waals surface area (Å²) in [6.45, 7) is 3.94. The molecule has 0 heterocycles. The van der Waals surface area contributed by atoms with Crippen molar-refractivity contribution in [3.05, 3.63) is 46.0 Å². The van der Waals surface area contributed by atoms with Crippen LogP contribution < -0.4 is 5.32 Å². The molecule has 2 rings (SSSR count). The van der Waals surface area contributed by atoms with Crippen molar-refractivity contribution in [1.82, 2.24) is 5.32 Å². The van der Waals surface area contributed by atoms with E-state index >= 15 is 0 Å². The Labute approximate surface area is 152 Å².